The Morgan fingerprint density at radius 3 is 2.22 bits per heavy atom. The number of hydrogen-bond donors (Lipinski definition) is 7. The van der Waals surface area contributed by atoms with Crippen LogP contribution < -0.4 is 20.7 Å². The summed E-state index contributed by atoms with van der Waals surface area (Å²) in [6, 6.07) is 8.04. The molecule has 1 aromatic carbocycles. The predicted octanol–water partition coefficient (Wildman–Crippen LogP) is 3.54. The number of esters is 1. The van der Waals surface area contributed by atoms with Gasteiger partial charge in [-0.25, -0.2) is 0 Å². The van der Waals surface area contributed by atoms with Crippen LogP contribution in [0.1, 0.15) is 114 Å². The molecule has 7 N–H and O–H groups in total. The maximum Gasteiger partial charge on any atom is 0.311 e. The van der Waals surface area contributed by atoms with Gasteiger partial charge in [-0.2, -0.15) is 5.26 Å². The highest BCUT2D eigenvalue weighted by atomic mass is 16.7. The van der Waals surface area contributed by atoms with Gasteiger partial charge in [-0.3, -0.25) is 4.79 Å². The van der Waals surface area contributed by atoms with Gasteiger partial charge in [0.1, 0.15) is 34.8 Å². The second-order valence-electron chi connectivity index (χ2n) is 19.3. The van der Waals surface area contributed by atoms with E-state index in [9.17, 15) is 30.5 Å². The monoisotopic (exact) mass is 893 g/mol. The van der Waals surface area contributed by atoms with Crippen molar-refractivity contribution >= 4 is 5.97 Å². The first-order valence-corrected chi connectivity index (χ1v) is 23.0. The largest absolute Gasteiger partial charge is 0.483 e. The summed E-state index contributed by atoms with van der Waals surface area (Å²) in [5.74, 6) is -2.24. The van der Waals surface area contributed by atoms with Crippen LogP contribution >= 0.6 is 0 Å². The van der Waals surface area contributed by atoms with E-state index in [-0.39, 0.29) is 43.9 Å². The van der Waals surface area contributed by atoms with Gasteiger partial charge >= 0.3 is 5.97 Å². The molecule has 0 aromatic heterocycles. The molecule has 0 aliphatic carbocycles. The molecule has 0 amide bonds. The summed E-state index contributed by atoms with van der Waals surface area (Å²) in [5, 5.41) is 67.7. The molecule has 0 saturated carbocycles. The highest BCUT2D eigenvalue weighted by molar-refractivity contribution is 5.73. The minimum absolute atomic E-state index is 0.0811. The number of hydrogen-bond acceptors (Lipinski definition) is 16. The van der Waals surface area contributed by atoms with Gasteiger partial charge in [0, 0.05) is 32.0 Å². The van der Waals surface area contributed by atoms with E-state index in [1.54, 1.807) is 58.9 Å². The number of nitrogens with one attached hydrogen (secondary N) is 3. The van der Waals surface area contributed by atoms with Crippen LogP contribution in [0.25, 0.3) is 0 Å². The number of carbonyl (C=O) groups excluding carboxylic acids is 1. The molecule has 3 aliphatic rings. The van der Waals surface area contributed by atoms with Crippen molar-refractivity contribution in [3.63, 3.8) is 0 Å². The van der Waals surface area contributed by atoms with Gasteiger partial charge in [0.15, 0.2) is 18.7 Å². The first-order valence-electron chi connectivity index (χ1n) is 23.0. The Balaban J connectivity index is 1.84. The van der Waals surface area contributed by atoms with Gasteiger partial charge in [-0.15, -0.1) is 0 Å². The SMILES string of the molecule is CCCNC[C@]1(O)[C@H](C)O[C@@H](O[C@H]2[C@H](C)[C@@H](O[C@@H]3O[C@H](C)C[C@H](NC)[C@H]3Oc3ccc(C#N)cc3)[C@](C)(O)C[C@@H](C)CN[C@H](C)[C@@H](O)[C@](C)(O)[C@@H](CC)OC(=O)[C@@H]2C)C[C@@]1(C)OC. The minimum atomic E-state index is -1.83. The predicted molar refractivity (Wildman–Crippen MR) is 237 cm³/mol. The minimum Gasteiger partial charge on any atom is -0.483 e. The van der Waals surface area contributed by atoms with Crippen molar-refractivity contribution in [2.24, 2.45) is 17.8 Å². The fourth-order valence-corrected chi connectivity index (χ4v) is 9.89. The normalized spacial score (nSPS) is 43.5. The molecule has 0 spiro atoms. The van der Waals surface area contributed by atoms with Gasteiger partial charge in [-0.05, 0) is 124 Å². The number of likely N-dealkylation sites (N-methyl/N-ethyl adjacent to an activating group) is 1. The van der Waals surface area contributed by atoms with Crippen molar-refractivity contribution < 1.29 is 58.4 Å². The molecule has 3 saturated heterocycles. The van der Waals surface area contributed by atoms with Crippen molar-refractivity contribution in [1.29, 1.82) is 5.26 Å². The van der Waals surface area contributed by atoms with Crippen LogP contribution in [0.15, 0.2) is 24.3 Å². The van der Waals surface area contributed by atoms with Crippen molar-refractivity contribution in [2.45, 2.75) is 198 Å². The van der Waals surface area contributed by atoms with Crippen LogP contribution in [0.2, 0.25) is 0 Å². The standard InChI is InChI=1S/C47H80N4O12/c1-14-20-50-26-47(56)32(8)59-37(23-45(47,10)57-13)62-38-29(5)41(63-43-39(35(49-12)21-28(4)58-43)60-34-18-16-33(24-48)17-19-34)44(9,54)22-27(3)25-51-31(7)40(52)46(11,55)36(15-2)61-42(53)30(38)6/h16-19,27-32,35-41,43,49-52,54-56H,14-15,20-23,25-26H2,1-13H3/t27-,28-,29+,30-,31-,32+,35+,36-,37+,38+,39-,40-,41-,43+,44-,45-,46-,47+/m1/s1. The van der Waals surface area contributed by atoms with E-state index in [0.717, 1.165) is 6.42 Å². The molecule has 0 radical (unpaired) electrons. The number of aliphatic hydroxyl groups excluding tert-OH is 1. The van der Waals surface area contributed by atoms with Crippen molar-refractivity contribution in [3.8, 4) is 11.8 Å². The summed E-state index contributed by atoms with van der Waals surface area (Å²) in [4.78, 5) is 14.5. The summed E-state index contributed by atoms with van der Waals surface area (Å²) in [5.41, 5.74) is -5.56. The maximum atomic E-state index is 14.5. The van der Waals surface area contributed by atoms with Crippen LogP contribution in [-0.2, 0) is 33.2 Å². The van der Waals surface area contributed by atoms with Gasteiger partial charge in [-0.1, -0.05) is 27.7 Å². The lowest BCUT2D eigenvalue weighted by Gasteiger charge is -2.53. The Kier molecular flexibility index (Phi) is 18.8. The number of methoxy groups -OCH3 is 1. The molecule has 1 aromatic rings. The molecular weight excluding hydrogens is 813 g/mol. The van der Waals surface area contributed by atoms with Gasteiger partial charge in [0.05, 0.1) is 53.6 Å². The quantitative estimate of drug-likeness (QED) is 0.111. The zero-order chi connectivity index (χ0) is 47.1. The summed E-state index contributed by atoms with van der Waals surface area (Å²) in [7, 11) is 3.37. The van der Waals surface area contributed by atoms with Crippen LogP contribution in [0.3, 0.4) is 0 Å². The number of cyclic esters (lactones) is 1. The number of rotatable bonds is 13. The molecule has 3 fully saturated rings. The second-order valence-corrected chi connectivity index (χ2v) is 19.3. The lowest BCUT2D eigenvalue weighted by molar-refractivity contribution is -0.335. The molecule has 0 bridgehead atoms. The Bertz CT molecular complexity index is 1630. The van der Waals surface area contributed by atoms with Crippen molar-refractivity contribution in [2.75, 3.05) is 33.8 Å². The molecule has 3 heterocycles. The number of ether oxygens (including phenoxy) is 7. The molecule has 18 atom stereocenters. The highest BCUT2D eigenvalue weighted by Crippen LogP contribution is 2.43. The van der Waals surface area contributed by atoms with Gasteiger partial charge in [0.25, 0.3) is 0 Å². The van der Waals surface area contributed by atoms with Crippen molar-refractivity contribution in [3.05, 3.63) is 29.8 Å². The first-order chi connectivity index (χ1) is 29.5. The smallest absolute Gasteiger partial charge is 0.311 e. The summed E-state index contributed by atoms with van der Waals surface area (Å²) < 4.78 is 45.8. The van der Waals surface area contributed by atoms with Crippen LogP contribution in [0, 0.1) is 29.1 Å². The van der Waals surface area contributed by atoms with E-state index in [2.05, 4.69) is 22.0 Å². The van der Waals surface area contributed by atoms with Crippen molar-refractivity contribution in [1.82, 2.24) is 16.0 Å². The van der Waals surface area contributed by atoms with Gasteiger partial charge in [0.2, 0.25) is 0 Å². The zero-order valence-electron chi connectivity index (χ0n) is 40.1. The van der Waals surface area contributed by atoms with E-state index in [1.165, 1.54) is 14.0 Å². The molecule has 360 valence electrons. The summed E-state index contributed by atoms with van der Waals surface area (Å²) in [6.45, 7) is 21.0. The molecule has 3 aliphatic heterocycles. The summed E-state index contributed by atoms with van der Waals surface area (Å²) in [6.07, 6.45) is -6.45. The molecular formula is C47H80N4O12. The van der Waals surface area contributed by atoms with Crippen LogP contribution in [-0.4, -0.2) is 150 Å². The lowest BCUT2D eigenvalue weighted by atomic mass is 9.75. The maximum absolute atomic E-state index is 14.5. The van der Waals surface area contributed by atoms with Gasteiger partial charge < -0.3 is 69.5 Å². The number of nitriles is 1. The van der Waals surface area contributed by atoms with E-state index in [4.69, 9.17) is 33.2 Å². The number of nitrogens with zero attached hydrogens (tertiary/aromatic N) is 1. The first kappa shape index (κ1) is 53.1. The Labute approximate surface area is 376 Å². The fraction of sp³-hybridized carbons (Fsp3) is 0.830. The molecule has 16 nitrogen and oxygen atoms in total. The Morgan fingerprint density at radius 2 is 1.63 bits per heavy atom. The third-order valence-corrected chi connectivity index (χ3v) is 14.0. The van der Waals surface area contributed by atoms with E-state index < -0.39 is 95.5 Å². The fourth-order valence-electron chi connectivity index (χ4n) is 9.89. The molecule has 0 unspecified atom stereocenters. The summed E-state index contributed by atoms with van der Waals surface area (Å²) >= 11 is 0. The lowest BCUT2D eigenvalue weighted by Crippen LogP contribution is -2.70. The van der Waals surface area contributed by atoms with Crippen LogP contribution in [0.4, 0.5) is 0 Å². The van der Waals surface area contributed by atoms with E-state index in [1.807, 2.05) is 41.7 Å². The van der Waals surface area contributed by atoms with Crippen LogP contribution in [0.5, 0.6) is 5.75 Å². The third kappa shape index (κ3) is 12.3. The topological polar surface area (TPSA) is 222 Å². The van der Waals surface area contributed by atoms with E-state index >= 15 is 0 Å². The Morgan fingerprint density at radius 1 is 0.968 bits per heavy atom. The molecule has 63 heavy (non-hydrogen) atoms. The zero-order valence-corrected chi connectivity index (χ0v) is 40.1. The molecule has 16 heteroatoms. The molecule has 4 rings (SSSR count). The highest BCUT2D eigenvalue weighted by Gasteiger charge is 2.58. The van der Waals surface area contributed by atoms with E-state index in [0.29, 0.717) is 30.8 Å². The Hall–Kier alpha value is -2.50. The third-order valence-electron chi connectivity index (χ3n) is 14.0. The average Bonchev–Trinajstić information content (AvgIpc) is 3.24. The number of carbonyl (C=O) groups is 1. The number of benzene rings is 1. The second kappa shape index (κ2) is 22.3. The average molecular weight is 893 g/mol. The number of aliphatic hydroxyl groups is 4.